The number of nitrogens with zero attached hydrogens (tertiary/aromatic N) is 2. The van der Waals surface area contributed by atoms with Crippen LogP contribution in [0.3, 0.4) is 0 Å². The normalized spacial score (nSPS) is 15.4. The molecule has 1 N–H and O–H groups in total. The Labute approximate surface area is 242 Å². The highest BCUT2D eigenvalue weighted by Gasteiger charge is 2.36. The van der Waals surface area contributed by atoms with Gasteiger partial charge in [0.15, 0.2) is 5.78 Å². The van der Waals surface area contributed by atoms with Gasteiger partial charge in [0.25, 0.3) is 10.0 Å². The molecule has 0 saturated heterocycles. The highest BCUT2D eigenvalue weighted by molar-refractivity contribution is 7.92. The van der Waals surface area contributed by atoms with Crippen molar-refractivity contribution in [1.82, 2.24) is 10.3 Å². The number of anilines is 1. The third-order valence-corrected chi connectivity index (χ3v) is 8.45. The molecular weight excluding hydrogens is 585 g/mol. The average molecular weight is 611 g/mol. The standard InChI is InChI=1S/C27H26Cl3N3O5S/c1-27(2,3)38-26(35)32-18-13-22-23(33(15-18)39(36,37)19-7-4-6-17(28)12-19)10-16(14-31-22)11-24(34)25-20(29)8-5-9-21(25)30/h4-10,12,14,18H,11,13,15H2,1-3H3,(H,32,35)/t18-/m1/s1. The Morgan fingerprint density at radius 2 is 1.74 bits per heavy atom. The van der Waals surface area contributed by atoms with Crippen LogP contribution in [0.2, 0.25) is 15.1 Å². The topological polar surface area (TPSA) is 106 Å². The maximum Gasteiger partial charge on any atom is 0.407 e. The minimum absolute atomic E-state index is 0.0248. The molecule has 39 heavy (non-hydrogen) atoms. The van der Waals surface area contributed by atoms with E-state index in [1.807, 2.05) is 0 Å². The molecule has 0 aliphatic carbocycles. The zero-order valence-electron chi connectivity index (χ0n) is 21.4. The summed E-state index contributed by atoms with van der Waals surface area (Å²) < 4.78 is 34.1. The van der Waals surface area contributed by atoms with Crippen LogP contribution < -0.4 is 9.62 Å². The van der Waals surface area contributed by atoms with Crippen molar-refractivity contribution >= 4 is 62.4 Å². The van der Waals surface area contributed by atoms with Crippen molar-refractivity contribution in [3.63, 3.8) is 0 Å². The molecule has 1 aliphatic heterocycles. The van der Waals surface area contributed by atoms with Crippen LogP contribution in [-0.2, 0) is 27.6 Å². The van der Waals surface area contributed by atoms with Crippen LogP contribution in [0.1, 0.15) is 42.4 Å². The maximum absolute atomic E-state index is 13.8. The number of fused-ring (bicyclic) bond motifs is 1. The molecule has 3 aromatic rings. The molecule has 1 aliphatic rings. The second-order valence-electron chi connectivity index (χ2n) is 10.0. The predicted molar refractivity (Wildman–Crippen MR) is 152 cm³/mol. The first kappa shape index (κ1) is 29.1. The van der Waals surface area contributed by atoms with E-state index in [0.717, 1.165) is 0 Å². The fraction of sp³-hybridized carbons (Fsp3) is 0.296. The van der Waals surface area contributed by atoms with E-state index in [1.54, 1.807) is 51.1 Å². The first-order valence-corrected chi connectivity index (χ1v) is 14.5. The minimum Gasteiger partial charge on any atom is -0.444 e. The molecule has 0 saturated carbocycles. The lowest BCUT2D eigenvalue weighted by atomic mass is 10.0. The summed E-state index contributed by atoms with van der Waals surface area (Å²) in [5.74, 6) is -0.336. The minimum atomic E-state index is -4.12. The maximum atomic E-state index is 13.8. The van der Waals surface area contributed by atoms with Crippen molar-refractivity contribution in [2.75, 3.05) is 10.8 Å². The van der Waals surface area contributed by atoms with Crippen LogP contribution in [0, 0.1) is 0 Å². The van der Waals surface area contributed by atoms with Crippen LogP contribution in [0.25, 0.3) is 0 Å². The van der Waals surface area contributed by atoms with Gasteiger partial charge in [-0.3, -0.25) is 14.1 Å². The van der Waals surface area contributed by atoms with Crippen LogP contribution in [0.4, 0.5) is 10.5 Å². The number of hydrogen-bond donors (Lipinski definition) is 1. The van der Waals surface area contributed by atoms with E-state index in [0.29, 0.717) is 16.9 Å². The van der Waals surface area contributed by atoms with Crippen molar-refractivity contribution < 1.29 is 22.7 Å². The SMILES string of the molecule is CC(C)(C)OC(=O)N[C@@H]1Cc2ncc(CC(=O)c3c(Cl)cccc3Cl)cc2N(S(=O)(=O)c2cccc(Cl)c2)C1. The molecule has 1 amide bonds. The molecule has 1 atom stereocenters. The number of ketones is 1. The molecule has 4 rings (SSSR count). The zero-order valence-corrected chi connectivity index (χ0v) is 24.5. The third-order valence-electron chi connectivity index (χ3n) is 5.81. The summed E-state index contributed by atoms with van der Waals surface area (Å²) in [7, 11) is -4.12. The third kappa shape index (κ3) is 6.84. The average Bonchev–Trinajstić information content (AvgIpc) is 2.82. The summed E-state index contributed by atoms with van der Waals surface area (Å²) >= 11 is 18.5. The highest BCUT2D eigenvalue weighted by Crippen LogP contribution is 2.33. The van der Waals surface area contributed by atoms with Gasteiger partial charge in [0.1, 0.15) is 5.60 Å². The summed E-state index contributed by atoms with van der Waals surface area (Å²) in [6.07, 6.45) is 0.978. The fourth-order valence-corrected chi connectivity index (χ4v) is 6.62. The first-order valence-electron chi connectivity index (χ1n) is 12.0. The Bertz CT molecular complexity index is 1520. The number of pyridine rings is 1. The van der Waals surface area contributed by atoms with Gasteiger partial charge in [0.2, 0.25) is 0 Å². The van der Waals surface area contributed by atoms with E-state index in [1.165, 1.54) is 28.7 Å². The van der Waals surface area contributed by atoms with Crippen molar-refractivity contribution in [3.8, 4) is 0 Å². The molecular formula is C27H26Cl3N3O5S. The molecule has 206 valence electrons. The van der Waals surface area contributed by atoms with Crippen molar-refractivity contribution in [2.24, 2.45) is 0 Å². The monoisotopic (exact) mass is 609 g/mol. The molecule has 0 unspecified atom stereocenters. The number of nitrogens with one attached hydrogen (secondary N) is 1. The molecule has 12 heteroatoms. The summed E-state index contributed by atoms with van der Waals surface area (Å²) in [5, 5.41) is 3.44. The number of alkyl carbamates (subject to hydrolysis) is 1. The van der Waals surface area contributed by atoms with Crippen LogP contribution in [0.5, 0.6) is 0 Å². The van der Waals surface area contributed by atoms with Gasteiger partial charge in [0.05, 0.1) is 44.5 Å². The summed E-state index contributed by atoms with van der Waals surface area (Å²) in [5.41, 5.74) is 0.656. The molecule has 2 aromatic carbocycles. The number of rotatable bonds is 6. The first-order chi connectivity index (χ1) is 18.2. The molecule has 8 nitrogen and oxygen atoms in total. The number of benzene rings is 2. The summed E-state index contributed by atoms with van der Waals surface area (Å²) in [4.78, 5) is 30.0. The number of aromatic nitrogens is 1. The van der Waals surface area contributed by atoms with Gasteiger partial charge in [-0.25, -0.2) is 13.2 Å². The second-order valence-corrected chi connectivity index (χ2v) is 13.2. The van der Waals surface area contributed by atoms with Gasteiger partial charge in [-0.15, -0.1) is 0 Å². The van der Waals surface area contributed by atoms with E-state index in [-0.39, 0.29) is 50.7 Å². The largest absolute Gasteiger partial charge is 0.444 e. The fourth-order valence-electron chi connectivity index (χ4n) is 4.18. The Balaban J connectivity index is 1.71. The number of hydrogen-bond acceptors (Lipinski definition) is 6. The lowest BCUT2D eigenvalue weighted by Crippen LogP contribution is -2.51. The van der Waals surface area contributed by atoms with Gasteiger partial charge < -0.3 is 10.1 Å². The van der Waals surface area contributed by atoms with E-state index in [2.05, 4.69) is 10.3 Å². The van der Waals surface area contributed by atoms with Gasteiger partial charge in [-0.05, 0) is 62.7 Å². The van der Waals surface area contributed by atoms with Crippen molar-refractivity contribution in [1.29, 1.82) is 0 Å². The smallest absolute Gasteiger partial charge is 0.407 e. The van der Waals surface area contributed by atoms with Gasteiger partial charge >= 0.3 is 6.09 Å². The number of Topliss-reactive ketones (excluding diaryl/α,β-unsaturated/α-hetero) is 1. The predicted octanol–water partition coefficient (Wildman–Crippen LogP) is 6.11. The van der Waals surface area contributed by atoms with Gasteiger partial charge in [-0.2, -0.15) is 0 Å². The quantitative estimate of drug-likeness (QED) is 0.338. The van der Waals surface area contributed by atoms with Crippen molar-refractivity contribution in [2.45, 2.75) is 50.2 Å². The van der Waals surface area contributed by atoms with Crippen LogP contribution in [-0.4, -0.2) is 43.5 Å². The Morgan fingerprint density at radius 3 is 2.38 bits per heavy atom. The lowest BCUT2D eigenvalue weighted by Gasteiger charge is -2.35. The van der Waals surface area contributed by atoms with E-state index in [9.17, 15) is 18.0 Å². The Hall–Kier alpha value is -2.85. The molecule has 0 bridgehead atoms. The number of carbonyl (C=O) groups is 2. The number of amides is 1. The number of ether oxygens (including phenoxy) is 1. The number of carbonyl (C=O) groups excluding carboxylic acids is 2. The lowest BCUT2D eigenvalue weighted by molar-refractivity contribution is 0.0505. The number of sulfonamides is 1. The van der Waals surface area contributed by atoms with E-state index >= 15 is 0 Å². The Kier molecular flexibility index (Phi) is 8.47. The Morgan fingerprint density at radius 1 is 1.08 bits per heavy atom. The second kappa shape index (κ2) is 11.3. The summed E-state index contributed by atoms with van der Waals surface area (Å²) in [6, 6.07) is 11.7. The van der Waals surface area contributed by atoms with Crippen LogP contribution in [0.15, 0.2) is 59.6 Å². The van der Waals surface area contributed by atoms with E-state index < -0.39 is 27.8 Å². The molecule has 0 radical (unpaired) electrons. The van der Waals surface area contributed by atoms with E-state index in [4.69, 9.17) is 39.5 Å². The molecule has 2 heterocycles. The number of halogens is 3. The molecule has 1 aromatic heterocycles. The van der Waals surface area contributed by atoms with Gasteiger partial charge in [0, 0.05) is 24.1 Å². The van der Waals surface area contributed by atoms with Gasteiger partial charge in [-0.1, -0.05) is 46.9 Å². The van der Waals surface area contributed by atoms with Crippen LogP contribution >= 0.6 is 34.8 Å². The molecule has 0 spiro atoms. The summed E-state index contributed by atoms with van der Waals surface area (Å²) in [6.45, 7) is 5.12. The molecule has 0 fully saturated rings. The van der Waals surface area contributed by atoms with Crippen molar-refractivity contribution in [3.05, 3.63) is 86.6 Å². The zero-order chi connectivity index (χ0) is 28.5. The highest BCUT2D eigenvalue weighted by atomic mass is 35.5.